The molecule has 0 saturated carbocycles. The molecular formula is C21H22N2O3S2. The minimum absolute atomic E-state index is 0.0197. The van der Waals surface area contributed by atoms with Crippen LogP contribution in [0.5, 0.6) is 0 Å². The van der Waals surface area contributed by atoms with Crippen molar-refractivity contribution in [1.82, 2.24) is 9.80 Å². The molecule has 3 aromatic rings. The normalized spacial score (nSPS) is 14.9. The maximum atomic E-state index is 13.3. The molecule has 3 aromatic heterocycles. The van der Waals surface area contributed by atoms with E-state index in [4.69, 9.17) is 4.42 Å². The van der Waals surface area contributed by atoms with Gasteiger partial charge in [-0.05, 0) is 41.8 Å². The van der Waals surface area contributed by atoms with Crippen molar-refractivity contribution in [3.05, 3.63) is 68.9 Å². The fourth-order valence-electron chi connectivity index (χ4n) is 3.55. The van der Waals surface area contributed by atoms with Crippen molar-refractivity contribution in [1.29, 1.82) is 0 Å². The van der Waals surface area contributed by atoms with Gasteiger partial charge in [-0.1, -0.05) is 12.1 Å². The van der Waals surface area contributed by atoms with Crippen molar-refractivity contribution in [2.24, 2.45) is 5.92 Å². The average Bonchev–Trinajstić information content (AvgIpc) is 3.50. The van der Waals surface area contributed by atoms with Gasteiger partial charge in [0.05, 0.1) is 24.9 Å². The first kappa shape index (κ1) is 19.0. The smallest absolute Gasteiger partial charge is 0.257 e. The van der Waals surface area contributed by atoms with Gasteiger partial charge in [-0.15, -0.1) is 22.7 Å². The second-order valence-electron chi connectivity index (χ2n) is 6.93. The molecule has 2 amide bonds. The first-order valence-electron chi connectivity index (χ1n) is 9.36. The zero-order valence-corrected chi connectivity index (χ0v) is 17.1. The van der Waals surface area contributed by atoms with Crippen LogP contribution in [0, 0.1) is 5.92 Å². The Kier molecular flexibility index (Phi) is 5.92. The molecule has 1 aliphatic rings. The van der Waals surface area contributed by atoms with E-state index in [0.29, 0.717) is 44.6 Å². The fraction of sp³-hybridized carbons (Fsp3) is 0.333. The molecule has 0 radical (unpaired) electrons. The minimum Gasteiger partial charge on any atom is -0.472 e. The molecular weight excluding hydrogens is 392 g/mol. The van der Waals surface area contributed by atoms with E-state index in [0.717, 1.165) is 0 Å². The van der Waals surface area contributed by atoms with Crippen LogP contribution in [0.15, 0.2) is 58.0 Å². The highest BCUT2D eigenvalue weighted by Crippen LogP contribution is 2.25. The molecule has 1 aliphatic heterocycles. The molecule has 7 heteroatoms. The van der Waals surface area contributed by atoms with Crippen LogP contribution in [0.3, 0.4) is 0 Å². The second kappa shape index (κ2) is 8.75. The van der Waals surface area contributed by atoms with Gasteiger partial charge in [0.25, 0.3) is 5.91 Å². The number of hydrogen-bond acceptors (Lipinski definition) is 5. The summed E-state index contributed by atoms with van der Waals surface area (Å²) >= 11 is 3.36. The van der Waals surface area contributed by atoms with Crippen LogP contribution in [-0.4, -0.2) is 34.7 Å². The van der Waals surface area contributed by atoms with Gasteiger partial charge in [0.15, 0.2) is 0 Å². The van der Waals surface area contributed by atoms with Crippen molar-refractivity contribution in [3.63, 3.8) is 0 Å². The van der Waals surface area contributed by atoms with Crippen molar-refractivity contribution in [2.75, 3.05) is 13.1 Å². The summed E-state index contributed by atoms with van der Waals surface area (Å²) in [4.78, 5) is 31.9. The molecule has 0 aromatic carbocycles. The van der Waals surface area contributed by atoms with Crippen LogP contribution in [0.25, 0.3) is 0 Å². The predicted octanol–water partition coefficient (Wildman–Crippen LogP) is 4.48. The largest absolute Gasteiger partial charge is 0.472 e. The Hall–Kier alpha value is -2.38. The first-order valence-corrected chi connectivity index (χ1v) is 11.1. The number of carbonyl (C=O) groups excluding carboxylic acids is 2. The van der Waals surface area contributed by atoms with Crippen molar-refractivity contribution < 1.29 is 14.0 Å². The Balaban J connectivity index is 1.40. The molecule has 4 heterocycles. The number of rotatable bonds is 6. The van der Waals surface area contributed by atoms with Crippen LogP contribution >= 0.6 is 22.7 Å². The van der Waals surface area contributed by atoms with Gasteiger partial charge in [-0.25, -0.2) is 0 Å². The molecule has 28 heavy (non-hydrogen) atoms. The molecule has 0 unspecified atom stereocenters. The van der Waals surface area contributed by atoms with E-state index in [9.17, 15) is 9.59 Å². The van der Waals surface area contributed by atoms with E-state index in [2.05, 4.69) is 12.1 Å². The quantitative estimate of drug-likeness (QED) is 0.597. The third kappa shape index (κ3) is 4.36. The van der Waals surface area contributed by atoms with Crippen molar-refractivity contribution in [2.45, 2.75) is 25.9 Å². The molecule has 1 saturated heterocycles. The molecule has 0 atom stereocenters. The van der Waals surface area contributed by atoms with Crippen LogP contribution in [0.4, 0.5) is 0 Å². The lowest BCUT2D eigenvalue weighted by atomic mass is 9.94. The van der Waals surface area contributed by atoms with Gasteiger partial charge in [-0.2, -0.15) is 0 Å². The van der Waals surface area contributed by atoms with Gasteiger partial charge in [0.1, 0.15) is 6.26 Å². The second-order valence-corrected chi connectivity index (χ2v) is 9.00. The summed E-state index contributed by atoms with van der Waals surface area (Å²) in [6.07, 6.45) is 4.39. The highest BCUT2D eigenvalue weighted by Gasteiger charge is 2.31. The lowest BCUT2D eigenvalue weighted by Crippen LogP contribution is -2.44. The van der Waals surface area contributed by atoms with E-state index >= 15 is 0 Å². The lowest BCUT2D eigenvalue weighted by molar-refractivity contribution is -0.138. The monoisotopic (exact) mass is 414 g/mol. The Morgan fingerprint density at radius 3 is 2.18 bits per heavy atom. The van der Waals surface area contributed by atoms with Gasteiger partial charge in [0.2, 0.25) is 5.91 Å². The van der Waals surface area contributed by atoms with Gasteiger partial charge >= 0.3 is 0 Å². The molecule has 1 fully saturated rings. The van der Waals surface area contributed by atoms with Crippen molar-refractivity contribution in [3.8, 4) is 0 Å². The molecule has 0 spiro atoms. The lowest BCUT2D eigenvalue weighted by Gasteiger charge is -2.34. The Labute approximate surface area is 172 Å². The molecule has 0 N–H and O–H groups in total. The summed E-state index contributed by atoms with van der Waals surface area (Å²) in [6.45, 7) is 2.49. The zero-order valence-electron chi connectivity index (χ0n) is 15.5. The number of piperidine rings is 1. The van der Waals surface area contributed by atoms with E-state index < -0.39 is 0 Å². The predicted molar refractivity (Wildman–Crippen MR) is 110 cm³/mol. The van der Waals surface area contributed by atoms with Gasteiger partial charge < -0.3 is 14.2 Å². The van der Waals surface area contributed by atoms with Crippen LogP contribution < -0.4 is 0 Å². The van der Waals surface area contributed by atoms with Crippen LogP contribution in [0.1, 0.15) is 33.0 Å². The molecule has 4 rings (SSSR count). The van der Waals surface area contributed by atoms with E-state index in [-0.39, 0.29) is 17.7 Å². The highest BCUT2D eigenvalue weighted by atomic mass is 32.1. The number of carbonyl (C=O) groups is 2. The number of furan rings is 1. The SMILES string of the molecule is O=C(c1ccoc1)N1CCC(C(=O)N(Cc2cccs2)Cc2cccs2)CC1. The average molecular weight is 415 g/mol. The third-order valence-electron chi connectivity index (χ3n) is 5.06. The van der Waals surface area contributed by atoms with E-state index in [1.165, 1.54) is 22.3 Å². The highest BCUT2D eigenvalue weighted by molar-refractivity contribution is 7.10. The summed E-state index contributed by atoms with van der Waals surface area (Å²) in [5.41, 5.74) is 0.571. The number of likely N-dealkylation sites (tertiary alicyclic amines) is 1. The first-order chi connectivity index (χ1) is 13.7. The molecule has 0 bridgehead atoms. The van der Waals surface area contributed by atoms with E-state index in [1.807, 2.05) is 32.7 Å². The molecule has 0 aliphatic carbocycles. The van der Waals surface area contributed by atoms with Crippen LogP contribution in [0.2, 0.25) is 0 Å². The summed E-state index contributed by atoms with van der Waals surface area (Å²) in [6, 6.07) is 9.88. The van der Waals surface area contributed by atoms with Gasteiger partial charge in [0, 0.05) is 28.8 Å². The maximum Gasteiger partial charge on any atom is 0.257 e. The minimum atomic E-state index is -0.0340. The summed E-state index contributed by atoms with van der Waals surface area (Å²) < 4.78 is 5.01. The summed E-state index contributed by atoms with van der Waals surface area (Å²) in [5, 5.41) is 4.09. The fourth-order valence-corrected chi connectivity index (χ4v) is 4.99. The summed E-state index contributed by atoms with van der Waals surface area (Å²) in [5.74, 6) is 0.138. The maximum absolute atomic E-state index is 13.3. The number of nitrogens with zero attached hydrogens (tertiary/aromatic N) is 2. The van der Waals surface area contributed by atoms with Crippen LogP contribution in [-0.2, 0) is 17.9 Å². The standard InChI is InChI=1S/C21H22N2O3S2/c24-20(16-5-8-22(9-6-16)21(25)17-7-10-26-15-17)23(13-18-3-1-11-27-18)14-19-4-2-12-28-19/h1-4,7,10-12,15-16H,5-6,8-9,13-14H2. The Morgan fingerprint density at radius 1 is 1.04 bits per heavy atom. The van der Waals surface area contributed by atoms with E-state index in [1.54, 1.807) is 28.7 Å². The molecule has 146 valence electrons. The zero-order chi connectivity index (χ0) is 19.3. The van der Waals surface area contributed by atoms with Crippen molar-refractivity contribution >= 4 is 34.5 Å². The third-order valence-corrected chi connectivity index (χ3v) is 6.79. The van der Waals surface area contributed by atoms with Gasteiger partial charge in [-0.3, -0.25) is 9.59 Å². The number of thiophene rings is 2. The topological polar surface area (TPSA) is 53.8 Å². The Bertz CT molecular complexity index is 844. The number of hydrogen-bond donors (Lipinski definition) is 0. The summed E-state index contributed by atoms with van der Waals surface area (Å²) in [7, 11) is 0. The number of amides is 2. The Morgan fingerprint density at radius 2 is 1.68 bits per heavy atom. The molecule has 5 nitrogen and oxygen atoms in total.